The number of fused-ring (bicyclic) bond motifs is 1. The average molecular weight is 873 g/mol. The number of rotatable bonds is 14. The molecule has 6 rings (SSSR count). The highest BCUT2D eigenvalue weighted by Crippen LogP contribution is 2.45. The molecule has 0 aliphatic carbocycles. The Morgan fingerprint density at radius 2 is 1.52 bits per heavy atom. The van der Waals surface area contributed by atoms with E-state index >= 15 is 13.2 Å². The summed E-state index contributed by atoms with van der Waals surface area (Å²) in [5, 5.41) is 1.46. The topological polar surface area (TPSA) is 118 Å². The van der Waals surface area contributed by atoms with Gasteiger partial charge in [-0.25, -0.2) is 9.59 Å². The van der Waals surface area contributed by atoms with E-state index in [0.717, 1.165) is 23.3 Å². The molecule has 0 radical (unpaired) electrons. The van der Waals surface area contributed by atoms with Crippen LogP contribution in [0.25, 0.3) is 0 Å². The molecule has 2 heterocycles. The Balaban J connectivity index is 1.38. The lowest BCUT2D eigenvalue weighted by atomic mass is 9.96. The SMILES string of the molecule is CC(C)N(C(=O)c1cc2c(cc1C(F)(F)F)OC(C)(COc1ccccc1)C(=O)N2CCN(Cc1ccccc1)C(=O)OCc1ccccc1)[C@@H]1CCCN(OC(=O)C(C)(C)C)C1. The fourth-order valence-corrected chi connectivity index (χ4v) is 7.52. The molecule has 0 aromatic heterocycles. The minimum atomic E-state index is -5.02. The van der Waals surface area contributed by atoms with Crippen molar-refractivity contribution < 1.29 is 51.4 Å². The van der Waals surface area contributed by atoms with E-state index in [9.17, 15) is 19.2 Å². The fraction of sp³-hybridized carbons (Fsp3) is 0.417. The van der Waals surface area contributed by atoms with Gasteiger partial charge >= 0.3 is 18.2 Å². The van der Waals surface area contributed by atoms with Crippen molar-refractivity contribution in [1.82, 2.24) is 14.9 Å². The lowest BCUT2D eigenvalue weighted by molar-refractivity contribution is -0.208. The van der Waals surface area contributed by atoms with Crippen LogP contribution in [0.3, 0.4) is 0 Å². The minimum absolute atomic E-state index is 0.0189. The largest absolute Gasteiger partial charge is 0.489 e. The number of hydrogen-bond donors (Lipinski definition) is 0. The first-order chi connectivity index (χ1) is 29.8. The van der Waals surface area contributed by atoms with Crippen LogP contribution in [0.2, 0.25) is 0 Å². The second kappa shape index (κ2) is 19.5. The first-order valence-electron chi connectivity index (χ1n) is 21.1. The molecular weight excluding hydrogens is 818 g/mol. The molecule has 1 fully saturated rings. The predicted octanol–water partition coefficient (Wildman–Crippen LogP) is 8.93. The zero-order valence-electron chi connectivity index (χ0n) is 36.5. The predicted molar refractivity (Wildman–Crippen MR) is 230 cm³/mol. The molecule has 0 spiro atoms. The number of carbonyl (C=O) groups is 4. The molecule has 15 heteroatoms. The van der Waals surface area contributed by atoms with Gasteiger partial charge in [0.25, 0.3) is 11.8 Å². The van der Waals surface area contributed by atoms with Gasteiger partial charge in [0.05, 0.1) is 28.8 Å². The normalized spacial score (nSPS) is 18.0. The van der Waals surface area contributed by atoms with Crippen LogP contribution in [-0.4, -0.2) is 89.2 Å². The Morgan fingerprint density at radius 1 is 0.905 bits per heavy atom. The van der Waals surface area contributed by atoms with E-state index < -0.39 is 64.3 Å². The molecule has 0 N–H and O–H groups in total. The van der Waals surface area contributed by atoms with Crippen LogP contribution in [0.4, 0.5) is 23.7 Å². The number of ether oxygens (including phenoxy) is 3. The molecule has 4 aromatic carbocycles. The summed E-state index contributed by atoms with van der Waals surface area (Å²) in [6.07, 6.45) is -4.73. The van der Waals surface area contributed by atoms with Gasteiger partial charge in [0.2, 0.25) is 5.60 Å². The summed E-state index contributed by atoms with van der Waals surface area (Å²) >= 11 is 0. The highest BCUT2D eigenvalue weighted by atomic mass is 19.4. The number of anilines is 1. The number of halogens is 3. The highest BCUT2D eigenvalue weighted by molar-refractivity contribution is 6.05. The molecule has 2 aliphatic rings. The van der Waals surface area contributed by atoms with E-state index in [0.29, 0.717) is 25.1 Å². The summed E-state index contributed by atoms with van der Waals surface area (Å²) in [5.41, 5.74) is -3.13. The van der Waals surface area contributed by atoms with E-state index in [1.165, 1.54) is 26.7 Å². The average Bonchev–Trinajstić information content (AvgIpc) is 3.24. The van der Waals surface area contributed by atoms with E-state index in [1.54, 1.807) is 65.0 Å². The van der Waals surface area contributed by atoms with Gasteiger partial charge in [-0.3, -0.25) is 9.59 Å². The number of benzene rings is 4. The van der Waals surface area contributed by atoms with Crippen molar-refractivity contribution in [3.8, 4) is 11.5 Å². The monoisotopic (exact) mass is 872 g/mol. The fourth-order valence-electron chi connectivity index (χ4n) is 7.52. The van der Waals surface area contributed by atoms with Crippen LogP contribution in [0, 0.1) is 5.41 Å². The molecule has 0 bridgehead atoms. The van der Waals surface area contributed by atoms with Crippen LogP contribution in [0.5, 0.6) is 11.5 Å². The van der Waals surface area contributed by atoms with Gasteiger partial charge in [0, 0.05) is 38.3 Å². The number of amides is 3. The second-order valence-electron chi connectivity index (χ2n) is 17.3. The van der Waals surface area contributed by atoms with Gasteiger partial charge in [-0.15, -0.1) is 5.06 Å². The maximum atomic E-state index is 15.2. The number of nitrogens with zero attached hydrogens (tertiary/aromatic N) is 4. The molecule has 0 saturated carbocycles. The summed E-state index contributed by atoms with van der Waals surface area (Å²) < 4.78 is 63.6. The van der Waals surface area contributed by atoms with E-state index in [2.05, 4.69) is 0 Å². The zero-order chi connectivity index (χ0) is 45.5. The molecule has 3 amide bonds. The third kappa shape index (κ3) is 11.5. The standard InChI is InChI=1S/C48H55F3N4O8/c1-33(2)55(36-21-16-24-53(30-36)63-44(58)46(3,4)5)42(56)38-27-40-41(28-39(38)48(49,50)51)62-47(6,32-61-37-22-14-9-15-23-37)43(57)54(40)26-25-52(29-34-17-10-7-11-18-34)45(59)60-31-35-19-12-8-13-20-35/h7-15,17-20,22-23,27-28,33,36H,16,21,24-26,29-32H2,1-6H3/t36-,47?/m1/s1. The van der Waals surface area contributed by atoms with Gasteiger partial charge in [-0.1, -0.05) is 78.9 Å². The summed E-state index contributed by atoms with van der Waals surface area (Å²) in [4.78, 5) is 65.7. The first-order valence-corrected chi connectivity index (χ1v) is 21.1. The zero-order valence-corrected chi connectivity index (χ0v) is 36.5. The van der Waals surface area contributed by atoms with Crippen LogP contribution in [0.1, 0.15) is 81.4 Å². The molecule has 2 atom stereocenters. The maximum Gasteiger partial charge on any atom is 0.417 e. The van der Waals surface area contributed by atoms with Crippen molar-refractivity contribution in [3.63, 3.8) is 0 Å². The summed E-state index contributed by atoms with van der Waals surface area (Å²) in [6.45, 7) is 9.84. The molecule has 4 aromatic rings. The summed E-state index contributed by atoms with van der Waals surface area (Å²) in [6, 6.07) is 27.5. The van der Waals surface area contributed by atoms with Crippen molar-refractivity contribution >= 4 is 29.6 Å². The van der Waals surface area contributed by atoms with Gasteiger partial charge < -0.3 is 33.7 Å². The lowest BCUT2D eigenvalue weighted by Crippen LogP contribution is -2.59. The molecule has 2 aliphatic heterocycles. The molecule has 336 valence electrons. The van der Waals surface area contributed by atoms with Crippen molar-refractivity contribution in [1.29, 1.82) is 0 Å². The van der Waals surface area contributed by atoms with Crippen molar-refractivity contribution in [2.45, 2.75) is 91.4 Å². The highest BCUT2D eigenvalue weighted by Gasteiger charge is 2.49. The maximum absolute atomic E-state index is 15.2. The molecule has 1 saturated heterocycles. The van der Waals surface area contributed by atoms with E-state index in [1.807, 2.05) is 60.7 Å². The lowest BCUT2D eigenvalue weighted by Gasteiger charge is -2.42. The first kappa shape index (κ1) is 46.4. The quantitative estimate of drug-likeness (QED) is 0.122. The van der Waals surface area contributed by atoms with E-state index in [4.69, 9.17) is 19.0 Å². The van der Waals surface area contributed by atoms with Gasteiger partial charge in [-0.2, -0.15) is 13.2 Å². The number of hydroxylamine groups is 2. The van der Waals surface area contributed by atoms with E-state index in [-0.39, 0.29) is 50.8 Å². The van der Waals surface area contributed by atoms with Crippen molar-refractivity contribution in [3.05, 3.63) is 125 Å². The summed E-state index contributed by atoms with van der Waals surface area (Å²) in [5.74, 6) is -1.95. The molecule has 63 heavy (non-hydrogen) atoms. The third-order valence-electron chi connectivity index (χ3n) is 10.9. The molecule has 1 unspecified atom stereocenters. The van der Waals surface area contributed by atoms with Crippen molar-refractivity contribution in [2.75, 3.05) is 37.7 Å². The van der Waals surface area contributed by atoms with Crippen LogP contribution in [-0.2, 0) is 38.5 Å². The van der Waals surface area contributed by atoms with Crippen molar-refractivity contribution in [2.24, 2.45) is 5.41 Å². The number of carbonyl (C=O) groups excluding carboxylic acids is 4. The summed E-state index contributed by atoms with van der Waals surface area (Å²) in [7, 11) is 0. The molecule has 12 nitrogen and oxygen atoms in total. The third-order valence-corrected chi connectivity index (χ3v) is 10.9. The Kier molecular flexibility index (Phi) is 14.4. The van der Waals surface area contributed by atoms with Gasteiger partial charge in [0.1, 0.15) is 24.7 Å². The number of hydrogen-bond acceptors (Lipinski definition) is 9. The minimum Gasteiger partial charge on any atom is -0.489 e. The second-order valence-corrected chi connectivity index (χ2v) is 17.3. The van der Waals surface area contributed by atoms with Crippen LogP contribution >= 0.6 is 0 Å². The van der Waals surface area contributed by atoms with Crippen LogP contribution < -0.4 is 14.4 Å². The Morgan fingerprint density at radius 3 is 2.13 bits per heavy atom. The number of piperidine rings is 1. The van der Waals surface area contributed by atoms with Gasteiger partial charge in [-0.05, 0) is 89.8 Å². The van der Waals surface area contributed by atoms with Crippen LogP contribution in [0.15, 0.2) is 103 Å². The molecular formula is C48H55F3N4O8. The Bertz CT molecular complexity index is 2220. The Hall–Kier alpha value is -6.09. The van der Waals surface area contributed by atoms with Gasteiger partial charge in [0.15, 0.2) is 0 Å². The smallest absolute Gasteiger partial charge is 0.417 e. The number of alkyl halides is 3. The Labute approximate surface area is 366 Å². The number of para-hydroxylation sites is 1.